The van der Waals surface area contributed by atoms with Crippen molar-refractivity contribution in [3.8, 4) is 0 Å². The molecule has 0 saturated carbocycles. The lowest BCUT2D eigenvalue weighted by atomic mass is 9.80. The molecule has 0 aliphatic heterocycles. The smallest absolute Gasteiger partial charge is 0.143 e. The monoisotopic (exact) mass is 370 g/mol. The third kappa shape index (κ3) is 3.50. The molecule has 28 heavy (non-hydrogen) atoms. The van der Waals surface area contributed by atoms with Crippen molar-refractivity contribution in [1.82, 2.24) is 0 Å². The highest BCUT2D eigenvalue weighted by molar-refractivity contribution is 5.47. The van der Waals surface area contributed by atoms with Gasteiger partial charge in [-0.25, -0.2) is 0 Å². The number of ether oxygens (including phenoxy) is 1. The molecule has 0 saturated heterocycles. The normalized spacial score (nSPS) is 12.6. The standard InChI is InChI=1S/C25H22O3/c26-23(24-17-10-18-27-24)19-28-25(20-11-4-1-5-12-20,21-13-6-2-7-14-21)22-15-8-3-9-16-22/h1-18,23,26H,19H2/t23-/m1/s1. The first-order chi connectivity index (χ1) is 13.8. The van der Waals surface area contributed by atoms with Crippen molar-refractivity contribution in [3.05, 3.63) is 132 Å². The minimum Gasteiger partial charge on any atom is -0.467 e. The summed E-state index contributed by atoms with van der Waals surface area (Å²) in [4.78, 5) is 0. The zero-order valence-electron chi connectivity index (χ0n) is 15.4. The molecule has 0 amide bonds. The van der Waals surface area contributed by atoms with Gasteiger partial charge in [0.05, 0.1) is 12.9 Å². The van der Waals surface area contributed by atoms with E-state index in [1.807, 2.05) is 54.6 Å². The third-order valence-electron chi connectivity index (χ3n) is 4.87. The van der Waals surface area contributed by atoms with Crippen LogP contribution >= 0.6 is 0 Å². The van der Waals surface area contributed by atoms with Gasteiger partial charge in [-0.15, -0.1) is 0 Å². The Morgan fingerprint density at radius 2 is 1.14 bits per heavy atom. The molecule has 1 heterocycles. The van der Waals surface area contributed by atoms with Crippen LogP contribution in [0.15, 0.2) is 114 Å². The molecule has 0 spiro atoms. The Balaban J connectivity index is 1.83. The molecule has 0 bridgehead atoms. The Kier molecular flexibility index (Phi) is 5.38. The Morgan fingerprint density at radius 3 is 1.54 bits per heavy atom. The van der Waals surface area contributed by atoms with E-state index in [4.69, 9.17) is 9.15 Å². The number of rotatable bonds is 7. The first-order valence-corrected chi connectivity index (χ1v) is 9.33. The van der Waals surface area contributed by atoms with Crippen LogP contribution in [0, 0.1) is 0 Å². The van der Waals surface area contributed by atoms with Gasteiger partial charge >= 0.3 is 0 Å². The van der Waals surface area contributed by atoms with Crippen LogP contribution < -0.4 is 0 Å². The van der Waals surface area contributed by atoms with Gasteiger partial charge < -0.3 is 14.3 Å². The summed E-state index contributed by atoms with van der Waals surface area (Å²) in [5.41, 5.74) is 2.15. The van der Waals surface area contributed by atoms with Crippen LogP contribution in [0.5, 0.6) is 0 Å². The van der Waals surface area contributed by atoms with Crippen molar-refractivity contribution in [2.24, 2.45) is 0 Å². The molecular weight excluding hydrogens is 348 g/mol. The predicted molar refractivity (Wildman–Crippen MR) is 109 cm³/mol. The third-order valence-corrected chi connectivity index (χ3v) is 4.87. The maximum Gasteiger partial charge on any atom is 0.143 e. The van der Waals surface area contributed by atoms with Crippen molar-refractivity contribution >= 4 is 0 Å². The largest absolute Gasteiger partial charge is 0.467 e. The van der Waals surface area contributed by atoms with Gasteiger partial charge in [-0.3, -0.25) is 0 Å². The fourth-order valence-electron chi connectivity index (χ4n) is 3.54. The number of aliphatic hydroxyl groups excluding tert-OH is 1. The molecule has 0 fully saturated rings. The summed E-state index contributed by atoms with van der Waals surface area (Å²) < 4.78 is 11.9. The SMILES string of the molecule is O[C@H](COC(c1ccccc1)(c1ccccc1)c1ccccc1)c1ccco1. The van der Waals surface area contributed by atoms with E-state index in [0.717, 1.165) is 16.7 Å². The molecule has 140 valence electrons. The van der Waals surface area contributed by atoms with Crippen molar-refractivity contribution in [2.75, 3.05) is 6.61 Å². The maximum absolute atomic E-state index is 10.6. The fourth-order valence-corrected chi connectivity index (χ4v) is 3.54. The lowest BCUT2D eigenvalue weighted by Gasteiger charge is -2.36. The van der Waals surface area contributed by atoms with Gasteiger partial charge in [0.25, 0.3) is 0 Å². The van der Waals surface area contributed by atoms with Gasteiger partial charge in [0.15, 0.2) is 0 Å². The maximum atomic E-state index is 10.6. The summed E-state index contributed by atoms with van der Waals surface area (Å²) >= 11 is 0. The van der Waals surface area contributed by atoms with E-state index in [9.17, 15) is 5.11 Å². The Labute approximate surface area is 164 Å². The number of hydrogen-bond donors (Lipinski definition) is 1. The summed E-state index contributed by atoms with van der Waals surface area (Å²) in [6, 6.07) is 33.8. The minimum absolute atomic E-state index is 0.0895. The summed E-state index contributed by atoms with van der Waals surface area (Å²) in [5, 5.41) is 10.6. The Morgan fingerprint density at radius 1 is 0.679 bits per heavy atom. The first kappa shape index (κ1) is 18.2. The zero-order valence-corrected chi connectivity index (χ0v) is 15.4. The van der Waals surface area contributed by atoms with Crippen LogP contribution in [-0.2, 0) is 10.3 Å². The second-order valence-corrected chi connectivity index (χ2v) is 6.62. The molecule has 4 rings (SSSR count). The highest BCUT2D eigenvalue weighted by Gasteiger charge is 2.38. The van der Waals surface area contributed by atoms with E-state index in [0.29, 0.717) is 5.76 Å². The molecule has 3 heteroatoms. The highest BCUT2D eigenvalue weighted by Crippen LogP contribution is 2.41. The van der Waals surface area contributed by atoms with Crippen LogP contribution in [0.2, 0.25) is 0 Å². The first-order valence-electron chi connectivity index (χ1n) is 9.33. The summed E-state index contributed by atoms with van der Waals surface area (Å²) in [5.74, 6) is 0.489. The average molecular weight is 370 g/mol. The molecule has 0 aliphatic carbocycles. The van der Waals surface area contributed by atoms with Gasteiger partial charge in [0.1, 0.15) is 17.5 Å². The molecule has 0 unspecified atom stereocenters. The van der Waals surface area contributed by atoms with Crippen LogP contribution in [0.3, 0.4) is 0 Å². The molecule has 0 radical (unpaired) electrons. The second kappa shape index (κ2) is 8.26. The van der Waals surface area contributed by atoms with E-state index >= 15 is 0 Å². The Bertz CT molecular complexity index is 868. The molecular formula is C25H22O3. The van der Waals surface area contributed by atoms with Crippen molar-refractivity contribution in [3.63, 3.8) is 0 Å². The predicted octanol–water partition coefficient (Wildman–Crippen LogP) is 5.32. The van der Waals surface area contributed by atoms with E-state index < -0.39 is 11.7 Å². The number of hydrogen-bond acceptors (Lipinski definition) is 3. The van der Waals surface area contributed by atoms with Crippen LogP contribution in [0.4, 0.5) is 0 Å². The lowest BCUT2D eigenvalue weighted by molar-refractivity contribution is -0.0446. The van der Waals surface area contributed by atoms with Gasteiger partial charge in [0.2, 0.25) is 0 Å². The van der Waals surface area contributed by atoms with Crippen molar-refractivity contribution in [1.29, 1.82) is 0 Å². The van der Waals surface area contributed by atoms with E-state index in [-0.39, 0.29) is 6.61 Å². The summed E-state index contributed by atoms with van der Waals surface area (Å²) in [7, 11) is 0. The molecule has 0 aliphatic rings. The average Bonchev–Trinajstić information content (AvgIpc) is 3.31. The highest BCUT2D eigenvalue weighted by atomic mass is 16.5. The summed E-state index contributed by atoms with van der Waals surface area (Å²) in [6.45, 7) is 0.0895. The molecule has 1 aromatic heterocycles. The minimum atomic E-state index is -0.856. The molecule has 3 aromatic carbocycles. The van der Waals surface area contributed by atoms with Gasteiger partial charge in [-0.05, 0) is 28.8 Å². The topological polar surface area (TPSA) is 42.6 Å². The number of benzene rings is 3. The molecule has 1 N–H and O–H groups in total. The van der Waals surface area contributed by atoms with Gasteiger partial charge in [-0.1, -0.05) is 91.0 Å². The summed E-state index contributed by atoms with van der Waals surface area (Å²) in [6.07, 6.45) is 0.697. The second-order valence-electron chi connectivity index (χ2n) is 6.62. The fraction of sp³-hybridized carbons (Fsp3) is 0.120. The van der Waals surface area contributed by atoms with E-state index in [2.05, 4.69) is 36.4 Å². The van der Waals surface area contributed by atoms with E-state index in [1.54, 1.807) is 18.4 Å². The van der Waals surface area contributed by atoms with Gasteiger partial charge in [-0.2, -0.15) is 0 Å². The van der Waals surface area contributed by atoms with E-state index in [1.165, 1.54) is 0 Å². The molecule has 4 aromatic rings. The van der Waals surface area contributed by atoms with Crippen molar-refractivity contribution < 1.29 is 14.3 Å². The van der Waals surface area contributed by atoms with Crippen molar-refractivity contribution in [2.45, 2.75) is 11.7 Å². The number of furan rings is 1. The van der Waals surface area contributed by atoms with Gasteiger partial charge in [0, 0.05) is 0 Å². The molecule has 3 nitrogen and oxygen atoms in total. The van der Waals surface area contributed by atoms with Crippen LogP contribution in [-0.4, -0.2) is 11.7 Å². The number of aliphatic hydroxyl groups is 1. The Hall–Kier alpha value is -3.14. The zero-order chi connectivity index (χ0) is 19.2. The van der Waals surface area contributed by atoms with Crippen LogP contribution in [0.25, 0.3) is 0 Å². The molecule has 1 atom stereocenters. The lowest BCUT2D eigenvalue weighted by Crippen LogP contribution is -2.34. The van der Waals surface area contributed by atoms with Crippen LogP contribution in [0.1, 0.15) is 28.6 Å². The quantitative estimate of drug-likeness (QED) is 0.448.